The quantitative estimate of drug-likeness (QED) is 0.160. The third-order valence-electron chi connectivity index (χ3n) is 2.74. The van der Waals surface area contributed by atoms with Crippen LogP contribution in [0.4, 0.5) is 0 Å². The van der Waals surface area contributed by atoms with Gasteiger partial charge in [0.15, 0.2) is 0 Å². The van der Waals surface area contributed by atoms with Gasteiger partial charge in [-0.25, -0.2) is 0 Å². The third kappa shape index (κ3) is 14.7. The Labute approximate surface area is 172 Å². The molecule has 0 rings (SSSR count). The Kier molecular flexibility index (Phi) is 19.1. The van der Waals surface area contributed by atoms with Gasteiger partial charge in [0.05, 0.1) is 49.6 Å². The van der Waals surface area contributed by atoms with E-state index in [1.54, 1.807) is 0 Å². The fraction of sp³-hybridized carbons (Fsp3) is 0.833. The van der Waals surface area contributed by atoms with Crippen molar-refractivity contribution in [3.8, 4) is 0 Å². The van der Waals surface area contributed by atoms with E-state index in [4.69, 9.17) is 40.9 Å². The zero-order valence-electron chi connectivity index (χ0n) is 13.2. The number of carboxylic acids is 2. The van der Waals surface area contributed by atoms with Gasteiger partial charge in [0.25, 0.3) is 0 Å². The first-order chi connectivity index (χ1) is 11.0. The van der Waals surface area contributed by atoms with Gasteiger partial charge >= 0.3 is 37.7 Å². The summed E-state index contributed by atoms with van der Waals surface area (Å²) in [7, 11) is 0. The SMILES string of the molecule is O=C([O-])[C@@H](O)C[C@H](O)C(O)CO.O=C([O-])[C@@H](O)C[C@H](O)[C@H](O)CO.[Ca+2]. The largest absolute Gasteiger partial charge is 2.00 e. The summed E-state index contributed by atoms with van der Waals surface area (Å²) in [5.74, 6) is -3.45. The Morgan fingerprint density at radius 2 is 0.880 bits per heavy atom. The summed E-state index contributed by atoms with van der Waals surface area (Å²) in [6, 6.07) is 0. The fourth-order valence-corrected chi connectivity index (χ4v) is 1.21. The van der Waals surface area contributed by atoms with Crippen LogP contribution in [0.3, 0.4) is 0 Å². The van der Waals surface area contributed by atoms with Crippen molar-refractivity contribution >= 4 is 49.7 Å². The minimum atomic E-state index is -1.83. The molecule has 0 aromatic heterocycles. The van der Waals surface area contributed by atoms with Crippen LogP contribution in [0.1, 0.15) is 12.8 Å². The van der Waals surface area contributed by atoms with Crippen molar-refractivity contribution in [2.45, 2.75) is 49.5 Å². The summed E-state index contributed by atoms with van der Waals surface area (Å²) in [5, 5.41) is 88.9. The number of rotatable bonds is 10. The molecule has 0 spiro atoms. The second-order valence-electron chi connectivity index (χ2n) is 4.78. The maximum atomic E-state index is 9.93. The van der Waals surface area contributed by atoms with E-state index in [0.29, 0.717) is 0 Å². The van der Waals surface area contributed by atoms with Gasteiger partial charge in [-0.2, -0.15) is 0 Å². The fourth-order valence-electron chi connectivity index (χ4n) is 1.21. The van der Waals surface area contributed by atoms with E-state index in [1.807, 2.05) is 0 Å². The number of aliphatic hydroxyl groups is 8. The molecule has 0 bridgehead atoms. The monoisotopic (exact) mass is 398 g/mol. The van der Waals surface area contributed by atoms with Crippen molar-refractivity contribution in [3.63, 3.8) is 0 Å². The zero-order chi connectivity index (χ0) is 19.4. The Balaban J connectivity index is -0.000000372. The molecule has 1 unspecified atom stereocenters. The standard InChI is InChI=1S/2C6H12O6.Ca/c2*7-2-5(10)3(8)1-4(9)6(11)12;/h2*3-5,7-10H,1-2H2,(H,11,12);/q;;+2/p-2/t3-,4-,5?;3-,4-,5+;/m00./s1. The van der Waals surface area contributed by atoms with Gasteiger partial charge in [-0.15, -0.1) is 0 Å². The number of carbonyl (C=O) groups is 2. The van der Waals surface area contributed by atoms with E-state index in [-0.39, 0.29) is 37.7 Å². The summed E-state index contributed by atoms with van der Waals surface area (Å²) >= 11 is 0. The molecule has 144 valence electrons. The zero-order valence-corrected chi connectivity index (χ0v) is 15.4. The van der Waals surface area contributed by atoms with E-state index in [1.165, 1.54) is 0 Å². The second kappa shape index (κ2) is 16.1. The van der Waals surface area contributed by atoms with Crippen molar-refractivity contribution in [3.05, 3.63) is 0 Å². The van der Waals surface area contributed by atoms with E-state index >= 15 is 0 Å². The van der Waals surface area contributed by atoms with Gasteiger partial charge in [0.2, 0.25) is 0 Å². The average molecular weight is 398 g/mol. The molecule has 0 saturated carbocycles. The van der Waals surface area contributed by atoms with Crippen LogP contribution < -0.4 is 10.2 Å². The molecule has 0 saturated heterocycles. The molecular weight excluding hydrogens is 376 g/mol. The third-order valence-corrected chi connectivity index (χ3v) is 2.74. The van der Waals surface area contributed by atoms with Crippen molar-refractivity contribution < 1.29 is 60.7 Å². The number of hydrogen-bond donors (Lipinski definition) is 8. The number of carboxylic acid groups (broad SMARTS) is 2. The minimum absolute atomic E-state index is 0. The molecule has 0 aromatic rings. The van der Waals surface area contributed by atoms with Gasteiger partial charge in [-0.1, -0.05) is 0 Å². The van der Waals surface area contributed by atoms with Crippen LogP contribution in [0.15, 0.2) is 0 Å². The van der Waals surface area contributed by atoms with Crippen molar-refractivity contribution in [2.75, 3.05) is 13.2 Å². The van der Waals surface area contributed by atoms with Crippen LogP contribution >= 0.6 is 0 Å². The van der Waals surface area contributed by atoms with E-state index < -0.39 is 74.6 Å². The average Bonchev–Trinajstić information content (AvgIpc) is 2.53. The van der Waals surface area contributed by atoms with Gasteiger partial charge in [0, 0.05) is 12.8 Å². The van der Waals surface area contributed by atoms with E-state index in [9.17, 15) is 19.8 Å². The first kappa shape index (κ1) is 29.6. The number of carbonyl (C=O) groups excluding carboxylic acids is 2. The summed E-state index contributed by atoms with van der Waals surface area (Å²) < 4.78 is 0. The summed E-state index contributed by atoms with van der Waals surface area (Å²) in [6.45, 7) is -1.39. The second-order valence-corrected chi connectivity index (χ2v) is 4.78. The Hall–Kier alpha value is -0.120. The minimum Gasteiger partial charge on any atom is -0.547 e. The maximum absolute atomic E-state index is 9.93. The van der Waals surface area contributed by atoms with Crippen LogP contribution in [0.25, 0.3) is 0 Å². The van der Waals surface area contributed by atoms with Gasteiger partial charge < -0.3 is 60.7 Å². The van der Waals surface area contributed by atoms with Crippen LogP contribution in [0.2, 0.25) is 0 Å². The summed E-state index contributed by atoms with van der Waals surface area (Å²) in [6.07, 6.45) is -10.6. The number of hydrogen-bond acceptors (Lipinski definition) is 12. The maximum Gasteiger partial charge on any atom is 2.00 e. The Morgan fingerprint density at radius 3 is 1.04 bits per heavy atom. The number of aliphatic hydroxyl groups excluding tert-OH is 8. The predicted molar refractivity (Wildman–Crippen MR) is 75.2 cm³/mol. The normalized spacial score (nSPS) is 17.6. The Bertz CT molecular complexity index is 334. The van der Waals surface area contributed by atoms with Crippen LogP contribution in [0.5, 0.6) is 0 Å². The first-order valence-corrected chi connectivity index (χ1v) is 6.69. The molecule has 13 heteroatoms. The molecule has 0 fully saturated rings. The Morgan fingerprint density at radius 1 is 0.640 bits per heavy atom. The van der Waals surface area contributed by atoms with Crippen LogP contribution in [-0.2, 0) is 9.59 Å². The first-order valence-electron chi connectivity index (χ1n) is 6.69. The molecule has 6 atom stereocenters. The molecule has 0 aliphatic heterocycles. The molecule has 25 heavy (non-hydrogen) atoms. The molecule has 0 aliphatic carbocycles. The topological polar surface area (TPSA) is 242 Å². The van der Waals surface area contributed by atoms with Crippen molar-refractivity contribution in [1.82, 2.24) is 0 Å². The van der Waals surface area contributed by atoms with Crippen molar-refractivity contribution in [1.29, 1.82) is 0 Å². The van der Waals surface area contributed by atoms with E-state index in [0.717, 1.165) is 0 Å². The predicted octanol–water partition coefficient (Wildman–Crippen LogP) is -7.98. The molecular formula is C12H22CaO12. The van der Waals surface area contributed by atoms with E-state index in [2.05, 4.69) is 0 Å². The molecule has 0 heterocycles. The molecule has 8 N–H and O–H groups in total. The van der Waals surface area contributed by atoms with Crippen molar-refractivity contribution in [2.24, 2.45) is 0 Å². The summed E-state index contributed by atoms with van der Waals surface area (Å²) in [4.78, 5) is 19.9. The van der Waals surface area contributed by atoms with Gasteiger partial charge in [-0.05, 0) is 0 Å². The van der Waals surface area contributed by atoms with Crippen LogP contribution in [0, 0.1) is 0 Å². The molecule has 12 nitrogen and oxygen atoms in total. The smallest absolute Gasteiger partial charge is 0.547 e. The molecule has 0 radical (unpaired) electrons. The molecule has 0 aliphatic rings. The van der Waals surface area contributed by atoms with Gasteiger partial charge in [0.1, 0.15) is 12.2 Å². The molecule has 0 aromatic carbocycles. The van der Waals surface area contributed by atoms with Gasteiger partial charge in [-0.3, -0.25) is 0 Å². The number of aliphatic carboxylic acids is 2. The summed E-state index contributed by atoms with van der Waals surface area (Å²) in [5.41, 5.74) is 0. The van der Waals surface area contributed by atoms with Crippen LogP contribution in [-0.4, -0.2) is 140 Å². The molecule has 0 amide bonds.